The van der Waals surface area contributed by atoms with Crippen molar-refractivity contribution in [1.82, 2.24) is 30.3 Å². The number of aromatic nitrogens is 3. The van der Waals surface area contributed by atoms with Crippen LogP contribution in [0.1, 0.15) is 35.9 Å². The minimum atomic E-state index is 0.381. The maximum absolute atomic E-state index is 4.58. The van der Waals surface area contributed by atoms with E-state index in [-0.39, 0.29) is 0 Å². The predicted molar refractivity (Wildman–Crippen MR) is 129 cm³/mol. The zero-order valence-corrected chi connectivity index (χ0v) is 19.4. The summed E-state index contributed by atoms with van der Waals surface area (Å²) in [6, 6.07) is 17.7. The third-order valence-corrected chi connectivity index (χ3v) is 5.99. The van der Waals surface area contributed by atoms with Crippen LogP contribution in [0.3, 0.4) is 0 Å². The molecule has 0 saturated carbocycles. The van der Waals surface area contributed by atoms with E-state index in [1.165, 1.54) is 5.56 Å². The molecular formula is C25H33N7. The molecule has 0 bridgehead atoms. The zero-order chi connectivity index (χ0) is 22.5. The van der Waals surface area contributed by atoms with E-state index < -0.39 is 0 Å². The van der Waals surface area contributed by atoms with Crippen LogP contribution in [0.4, 0.5) is 0 Å². The Balaban J connectivity index is 1.29. The Morgan fingerprint density at radius 2 is 1.94 bits per heavy atom. The Labute approximate surface area is 190 Å². The van der Waals surface area contributed by atoms with Crippen molar-refractivity contribution >= 4 is 5.96 Å². The van der Waals surface area contributed by atoms with E-state index in [4.69, 9.17) is 0 Å². The average Bonchev–Trinajstić information content (AvgIpc) is 3.32. The predicted octanol–water partition coefficient (Wildman–Crippen LogP) is 3.21. The van der Waals surface area contributed by atoms with Gasteiger partial charge in [-0.3, -0.25) is 9.89 Å². The van der Waals surface area contributed by atoms with E-state index in [0.717, 1.165) is 48.2 Å². The van der Waals surface area contributed by atoms with Gasteiger partial charge in [0.25, 0.3) is 0 Å². The van der Waals surface area contributed by atoms with Crippen LogP contribution in [-0.2, 0) is 13.1 Å². The quantitative estimate of drug-likeness (QED) is 0.463. The first kappa shape index (κ1) is 22.0. The third kappa shape index (κ3) is 5.34. The fraction of sp³-hybridized carbons (Fsp3) is 0.400. The average molecular weight is 432 g/mol. The van der Waals surface area contributed by atoms with Crippen LogP contribution in [-0.4, -0.2) is 51.3 Å². The molecule has 2 aromatic heterocycles. The normalized spacial score (nSPS) is 19.3. The molecule has 0 amide bonds. The Hall–Kier alpha value is -3.19. The fourth-order valence-electron chi connectivity index (χ4n) is 4.32. The molecule has 168 valence electrons. The van der Waals surface area contributed by atoms with Gasteiger partial charge in [0.05, 0.1) is 5.69 Å². The highest BCUT2D eigenvalue weighted by molar-refractivity contribution is 5.80. The lowest BCUT2D eigenvalue weighted by Crippen LogP contribution is -2.44. The van der Waals surface area contributed by atoms with E-state index in [2.05, 4.69) is 80.0 Å². The molecule has 3 aromatic rings. The number of nitrogens with one attached hydrogen (secondary N) is 2. The van der Waals surface area contributed by atoms with Crippen LogP contribution in [0.15, 0.2) is 59.7 Å². The van der Waals surface area contributed by atoms with Crippen molar-refractivity contribution in [1.29, 1.82) is 0 Å². The molecule has 2 atom stereocenters. The molecule has 7 nitrogen and oxygen atoms in total. The van der Waals surface area contributed by atoms with Crippen molar-refractivity contribution in [3.63, 3.8) is 0 Å². The standard InChI is InChI=1S/C25H33N7/c1-18-12-20(3)32(30-18)24-11-10-22(14-27-24)15-28-25(26-4)29-23-13-19(2)31(17-23)16-21-8-6-5-7-9-21/h5-12,14,19,23H,13,15-17H2,1-4H3,(H2,26,28,29). The Bertz CT molecular complexity index is 1040. The summed E-state index contributed by atoms with van der Waals surface area (Å²) in [4.78, 5) is 11.5. The molecule has 0 aliphatic carbocycles. The van der Waals surface area contributed by atoms with Crippen LogP contribution in [0.5, 0.6) is 0 Å². The summed E-state index contributed by atoms with van der Waals surface area (Å²) in [5.41, 5.74) is 4.54. The molecule has 32 heavy (non-hydrogen) atoms. The van der Waals surface area contributed by atoms with Gasteiger partial charge in [0.1, 0.15) is 0 Å². The smallest absolute Gasteiger partial charge is 0.191 e. The van der Waals surface area contributed by atoms with Crippen LogP contribution in [0, 0.1) is 13.8 Å². The molecule has 2 unspecified atom stereocenters. The number of hydrogen-bond donors (Lipinski definition) is 2. The molecule has 2 N–H and O–H groups in total. The first-order valence-electron chi connectivity index (χ1n) is 11.3. The summed E-state index contributed by atoms with van der Waals surface area (Å²) in [6.45, 7) is 9.00. The van der Waals surface area contributed by atoms with E-state index >= 15 is 0 Å². The molecule has 4 rings (SSSR count). The van der Waals surface area contributed by atoms with Crippen LogP contribution < -0.4 is 10.6 Å². The van der Waals surface area contributed by atoms with E-state index in [1.807, 2.05) is 37.8 Å². The van der Waals surface area contributed by atoms with Gasteiger partial charge in [0, 0.05) is 50.7 Å². The van der Waals surface area contributed by atoms with Crippen molar-refractivity contribution in [3.05, 3.63) is 77.2 Å². The van der Waals surface area contributed by atoms with Crippen molar-refractivity contribution in [2.45, 2.75) is 52.4 Å². The van der Waals surface area contributed by atoms with Crippen LogP contribution in [0.2, 0.25) is 0 Å². The number of pyridine rings is 1. The number of aryl methyl sites for hydroxylation is 2. The number of benzene rings is 1. The molecule has 1 fully saturated rings. The summed E-state index contributed by atoms with van der Waals surface area (Å²) in [5, 5.41) is 11.5. The van der Waals surface area contributed by atoms with Crippen LogP contribution >= 0.6 is 0 Å². The minimum Gasteiger partial charge on any atom is -0.352 e. The van der Waals surface area contributed by atoms with E-state index in [9.17, 15) is 0 Å². The number of guanidine groups is 1. The number of nitrogens with zero attached hydrogens (tertiary/aromatic N) is 5. The Morgan fingerprint density at radius 1 is 1.12 bits per heavy atom. The lowest BCUT2D eigenvalue weighted by molar-refractivity contribution is 0.258. The van der Waals surface area contributed by atoms with Gasteiger partial charge in [-0.2, -0.15) is 5.10 Å². The third-order valence-electron chi connectivity index (χ3n) is 5.99. The number of aliphatic imine (C=N–C) groups is 1. The SMILES string of the molecule is CN=C(NCc1ccc(-n2nc(C)cc2C)nc1)NC1CC(C)N(Cc2ccccc2)C1. The first-order chi connectivity index (χ1) is 15.5. The lowest BCUT2D eigenvalue weighted by Gasteiger charge is -2.21. The fourth-order valence-corrected chi connectivity index (χ4v) is 4.32. The number of hydrogen-bond acceptors (Lipinski definition) is 4. The van der Waals surface area contributed by atoms with E-state index in [1.54, 1.807) is 0 Å². The minimum absolute atomic E-state index is 0.381. The van der Waals surface area contributed by atoms with Crippen molar-refractivity contribution in [3.8, 4) is 5.82 Å². The molecule has 1 aliphatic heterocycles. The van der Waals surface area contributed by atoms with Crippen LogP contribution in [0.25, 0.3) is 5.82 Å². The molecule has 0 radical (unpaired) electrons. The second-order valence-corrected chi connectivity index (χ2v) is 8.63. The zero-order valence-electron chi connectivity index (χ0n) is 19.4. The molecule has 7 heteroatoms. The van der Waals surface area contributed by atoms with Gasteiger partial charge in [-0.05, 0) is 50.5 Å². The van der Waals surface area contributed by atoms with Gasteiger partial charge >= 0.3 is 0 Å². The summed E-state index contributed by atoms with van der Waals surface area (Å²) in [7, 11) is 1.82. The van der Waals surface area contributed by atoms with Gasteiger partial charge < -0.3 is 10.6 Å². The Morgan fingerprint density at radius 3 is 2.59 bits per heavy atom. The molecule has 1 saturated heterocycles. The molecule has 1 aliphatic rings. The Kier molecular flexibility index (Phi) is 6.85. The summed E-state index contributed by atoms with van der Waals surface area (Å²) in [5.74, 6) is 1.66. The van der Waals surface area contributed by atoms with Gasteiger partial charge in [-0.1, -0.05) is 36.4 Å². The lowest BCUT2D eigenvalue weighted by atomic mass is 10.2. The van der Waals surface area contributed by atoms with Crippen molar-refractivity contribution in [2.24, 2.45) is 4.99 Å². The largest absolute Gasteiger partial charge is 0.352 e. The highest BCUT2D eigenvalue weighted by Crippen LogP contribution is 2.20. The molecule has 3 heterocycles. The summed E-state index contributed by atoms with van der Waals surface area (Å²) >= 11 is 0. The highest BCUT2D eigenvalue weighted by atomic mass is 15.3. The first-order valence-corrected chi connectivity index (χ1v) is 11.3. The van der Waals surface area contributed by atoms with Crippen molar-refractivity contribution < 1.29 is 0 Å². The highest BCUT2D eigenvalue weighted by Gasteiger charge is 2.29. The maximum Gasteiger partial charge on any atom is 0.191 e. The topological polar surface area (TPSA) is 70.4 Å². The van der Waals surface area contributed by atoms with Gasteiger partial charge in [0.2, 0.25) is 0 Å². The number of rotatable bonds is 6. The van der Waals surface area contributed by atoms with Gasteiger partial charge in [0.15, 0.2) is 11.8 Å². The van der Waals surface area contributed by atoms with Crippen molar-refractivity contribution in [2.75, 3.05) is 13.6 Å². The monoisotopic (exact) mass is 431 g/mol. The molecular weight excluding hydrogens is 398 g/mol. The maximum atomic E-state index is 4.58. The van der Waals surface area contributed by atoms with E-state index in [0.29, 0.717) is 18.6 Å². The van der Waals surface area contributed by atoms with Gasteiger partial charge in [-0.25, -0.2) is 9.67 Å². The summed E-state index contributed by atoms with van der Waals surface area (Å²) in [6.07, 6.45) is 3.00. The second kappa shape index (κ2) is 9.96. The van der Waals surface area contributed by atoms with Gasteiger partial charge in [-0.15, -0.1) is 0 Å². The summed E-state index contributed by atoms with van der Waals surface area (Å²) < 4.78 is 1.87. The molecule has 1 aromatic carbocycles. The number of likely N-dealkylation sites (tertiary alicyclic amines) is 1. The second-order valence-electron chi connectivity index (χ2n) is 8.63. The molecule has 0 spiro atoms.